The second-order valence-electron chi connectivity index (χ2n) is 4.38. The van der Waals surface area contributed by atoms with Crippen LogP contribution in [0.1, 0.15) is 16.8 Å². The van der Waals surface area contributed by atoms with E-state index in [0.717, 1.165) is 12.3 Å². The summed E-state index contributed by atoms with van der Waals surface area (Å²) in [5, 5.41) is 10.8. The highest BCUT2D eigenvalue weighted by Crippen LogP contribution is 2.17. The number of amides is 1. The molecule has 1 unspecified atom stereocenters. The first-order valence-electron chi connectivity index (χ1n) is 5.77. The van der Waals surface area contributed by atoms with Crippen molar-refractivity contribution in [1.82, 2.24) is 5.32 Å². The maximum atomic E-state index is 13.6. The summed E-state index contributed by atoms with van der Waals surface area (Å²) in [5.74, 6) is -3.77. The summed E-state index contributed by atoms with van der Waals surface area (Å²) in [5.41, 5.74) is -0.409. The van der Waals surface area contributed by atoms with Crippen LogP contribution >= 0.6 is 11.6 Å². The minimum atomic E-state index is -3.38. The third-order valence-corrected chi connectivity index (χ3v) is 3.85. The Morgan fingerprint density at radius 1 is 1.43 bits per heavy atom. The summed E-state index contributed by atoms with van der Waals surface area (Å²) in [6, 6.07) is 2.29. The number of nitrogens with one attached hydrogen (secondary N) is 1. The number of benzene rings is 1. The van der Waals surface area contributed by atoms with Crippen LogP contribution in [-0.2, 0) is 14.6 Å². The van der Waals surface area contributed by atoms with Crippen molar-refractivity contribution < 1.29 is 27.5 Å². The maximum Gasteiger partial charge on any atom is 0.326 e. The first-order chi connectivity index (χ1) is 9.61. The van der Waals surface area contributed by atoms with Crippen LogP contribution in [0.3, 0.4) is 0 Å². The molecular formula is C12H13ClFNO5S. The molecular weight excluding hydrogens is 325 g/mol. The van der Waals surface area contributed by atoms with E-state index >= 15 is 0 Å². The topological polar surface area (TPSA) is 101 Å². The lowest BCUT2D eigenvalue weighted by Crippen LogP contribution is -2.42. The highest BCUT2D eigenvalue weighted by molar-refractivity contribution is 7.90. The summed E-state index contributed by atoms with van der Waals surface area (Å²) < 4.78 is 35.7. The van der Waals surface area contributed by atoms with Crippen LogP contribution in [0.25, 0.3) is 0 Å². The molecule has 1 atom stereocenters. The fourth-order valence-corrected chi connectivity index (χ4v) is 2.34. The first-order valence-corrected chi connectivity index (χ1v) is 8.21. The summed E-state index contributed by atoms with van der Waals surface area (Å²) in [6.45, 7) is 0. The molecule has 0 fully saturated rings. The second kappa shape index (κ2) is 6.86. The average Bonchev–Trinajstić information content (AvgIpc) is 2.36. The highest BCUT2D eigenvalue weighted by atomic mass is 35.5. The molecule has 1 aromatic carbocycles. The zero-order valence-corrected chi connectivity index (χ0v) is 12.5. The van der Waals surface area contributed by atoms with Gasteiger partial charge in [-0.3, -0.25) is 4.79 Å². The van der Waals surface area contributed by atoms with Gasteiger partial charge < -0.3 is 10.4 Å². The van der Waals surface area contributed by atoms with Crippen LogP contribution in [0.5, 0.6) is 0 Å². The van der Waals surface area contributed by atoms with E-state index in [0.29, 0.717) is 0 Å². The van der Waals surface area contributed by atoms with Crippen LogP contribution in [0.4, 0.5) is 4.39 Å². The molecule has 0 aromatic heterocycles. The minimum Gasteiger partial charge on any atom is -0.480 e. The van der Waals surface area contributed by atoms with Crippen molar-refractivity contribution in [3.63, 3.8) is 0 Å². The third kappa shape index (κ3) is 5.31. The molecule has 1 aromatic rings. The van der Waals surface area contributed by atoms with E-state index in [1.165, 1.54) is 12.1 Å². The minimum absolute atomic E-state index is 0.273. The molecule has 0 heterocycles. The number of rotatable bonds is 6. The number of carboxylic acids is 1. The largest absolute Gasteiger partial charge is 0.480 e. The molecule has 116 valence electrons. The molecule has 0 aliphatic heterocycles. The fraction of sp³-hybridized carbons (Fsp3) is 0.333. The Bertz CT molecular complexity index is 662. The number of hydrogen-bond donors (Lipinski definition) is 2. The zero-order valence-electron chi connectivity index (χ0n) is 11.0. The van der Waals surface area contributed by atoms with E-state index in [9.17, 15) is 22.4 Å². The summed E-state index contributed by atoms with van der Waals surface area (Å²) in [6.07, 6.45) is 0.631. The van der Waals surface area contributed by atoms with Crippen LogP contribution in [-0.4, -0.2) is 43.5 Å². The molecule has 0 aliphatic carbocycles. The normalized spacial score (nSPS) is 12.7. The van der Waals surface area contributed by atoms with Gasteiger partial charge in [0.25, 0.3) is 5.91 Å². The van der Waals surface area contributed by atoms with Crippen molar-refractivity contribution in [2.24, 2.45) is 0 Å². The van der Waals surface area contributed by atoms with E-state index in [1.54, 1.807) is 0 Å². The van der Waals surface area contributed by atoms with Gasteiger partial charge in [-0.1, -0.05) is 17.7 Å². The van der Waals surface area contributed by atoms with Crippen molar-refractivity contribution in [1.29, 1.82) is 0 Å². The molecule has 1 amide bonds. The molecule has 0 bridgehead atoms. The Balaban J connectivity index is 2.86. The molecule has 1 rings (SSSR count). The number of sulfone groups is 1. The van der Waals surface area contributed by atoms with E-state index in [-0.39, 0.29) is 11.4 Å². The Labute approximate surface area is 125 Å². The van der Waals surface area contributed by atoms with Crippen molar-refractivity contribution in [2.45, 2.75) is 12.5 Å². The molecule has 0 spiro atoms. The molecule has 2 N–H and O–H groups in total. The van der Waals surface area contributed by atoms with Gasteiger partial charge in [0, 0.05) is 6.26 Å². The van der Waals surface area contributed by atoms with Gasteiger partial charge in [-0.05, 0) is 18.6 Å². The highest BCUT2D eigenvalue weighted by Gasteiger charge is 2.24. The van der Waals surface area contributed by atoms with E-state index in [1.807, 2.05) is 0 Å². The number of carboxylic acid groups (broad SMARTS) is 1. The van der Waals surface area contributed by atoms with Gasteiger partial charge in [-0.15, -0.1) is 0 Å². The fourth-order valence-electron chi connectivity index (χ4n) is 1.50. The van der Waals surface area contributed by atoms with Gasteiger partial charge in [0.2, 0.25) is 0 Å². The number of carbonyl (C=O) groups is 2. The smallest absolute Gasteiger partial charge is 0.326 e. The van der Waals surface area contributed by atoms with Gasteiger partial charge in [-0.2, -0.15) is 0 Å². The third-order valence-electron chi connectivity index (χ3n) is 2.58. The SMILES string of the molecule is CS(=O)(=O)CCC(NC(=O)c1cccc(Cl)c1F)C(=O)O. The molecule has 0 aliphatic rings. The van der Waals surface area contributed by atoms with Gasteiger partial charge in [-0.25, -0.2) is 17.6 Å². The first kappa shape index (κ1) is 17.4. The predicted molar refractivity (Wildman–Crippen MR) is 74.6 cm³/mol. The summed E-state index contributed by atoms with van der Waals surface area (Å²) in [7, 11) is -3.38. The predicted octanol–water partition coefficient (Wildman–Crippen LogP) is 1.10. The lowest BCUT2D eigenvalue weighted by Gasteiger charge is -2.14. The molecule has 0 saturated carbocycles. The molecule has 0 saturated heterocycles. The Hall–Kier alpha value is -1.67. The number of hydrogen-bond acceptors (Lipinski definition) is 4. The standard InChI is InChI=1S/C12H13ClFNO5S/c1-21(19,20)6-5-9(12(17)18)15-11(16)7-3-2-4-8(13)10(7)14/h2-4,9H,5-6H2,1H3,(H,15,16)(H,17,18). The lowest BCUT2D eigenvalue weighted by molar-refractivity contribution is -0.139. The summed E-state index contributed by atoms with van der Waals surface area (Å²) >= 11 is 5.53. The van der Waals surface area contributed by atoms with Gasteiger partial charge >= 0.3 is 5.97 Å². The second-order valence-corrected chi connectivity index (χ2v) is 7.05. The molecule has 9 heteroatoms. The van der Waals surface area contributed by atoms with E-state index < -0.39 is 44.9 Å². The Morgan fingerprint density at radius 3 is 2.57 bits per heavy atom. The van der Waals surface area contributed by atoms with Crippen molar-refractivity contribution in [2.75, 3.05) is 12.0 Å². The van der Waals surface area contributed by atoms with Crippen LogP contribution in [0, 0.1) is 5.82 Å². The zero-order chi connectivity index (χ0) is 16.2. The van der Waals surface area contributed by atoms with Gasteiger partial charge in [0.15, 0.2) is 5.82 Å². The molecule has 21 heavy (non-hydrogen) atoms. The molecule has 6 nitrogen and oxygen atoms in total. The van der Waals surface area contributed by atoms with Crippen LogP contribution in [0.2, 0.25) is 5.02 Å². The van der Waals surface area contributed by atoms with Crippen LogP contribution in [0.15, 0.2) is 18.2 Å². The maximum absolute atomic E-state index is 13.6. The molecule has 0 radical (unpaired) electrons. The van der Waals surface area contributed by atoms with Gasteiger partial charge in [0.05, 0.1) is 16.3 Å². The Kier molecular flexibility index (Phi) is 5.68. The summed E-state index contributed by atoms with van der Waals surface area (Å²) in [4.78, 5) is 22.8. The van der Waals surface area contributed by atoms with E-state index in [4.69, 9.17) is 16.7 Å². The van der Waals surface area contributed by atoms with Crippen molar-refractivity contribution in [3.8, 4) is 0 Å². The van der Waals surface area contributed by atoms with Gasteiger partial charge in [0.1, 0.15) is 15.9 Å². The lowest BCUT2D eigenvalue weighted by atomic mass is 10.1. The number of aliphatic carboxylic acids is 1. The van der Waals surface area contributed by atoms with Crippen molar-refractivity contribution >= 4 is 33.3 Å². The van der Waals surface area contributed by atoms with Crippen molar-refractivity contribution in [3.05, 3.63) is 34.6 Å². The quantitative estimate of drug-likeness (QED) is 0.809. The number of halogens is 2. The van der Waals surface area contributed by atoms with Crippen LogP contribution < -0.4 is 5.32 Å². The monoisotopic (exact) mass is 337 g/mol. The number of carbonyl (C=O) groups excluding carboxylic acids is 1. The van der Waals surface area contributed by atoms with E-state index in [2.05, 4.69) is 5.32 Å². The average molecular weight is 338 g/mol. The Morgan fingerprint density at radius 2 is 2.05 bits per heavy atom.